The van der Waals surface area contributed by atoms with Crippen LogP contribution in [0.2, 0.25) is 5.02 Å². The lowest BCUT2D eigenvalue weighted by Crippen LogP contribution is -2.19. The van der Waals surface area contributed by atoms with E-state index in [1.165, 1.54) is 17.8 Å². The van der Waals surface area contributed by atoms with Gasteiger partial charge in [-0.3, -0.25) is 4.79 Å². The van der Waals surface area contributed by atoms with E-state index >= 15 is 0 Å². The normalized spacial score (nSPS) is 19.0. The highest BCUT2D eigenvalue weighted by Gasteiger charge is 2.24. The van der Waals surface area contributed by atoms with Gasteiger partial charge in [-0.1, -0.05) is 17.7 Å². The second-order valence-corrected chi connectivity index (χ2v) is 7.44. The topological polar surface area (TPSA) is 50.7 Å². The molecule has 1 N–H and O–H groups in total. The van der Waals surface area contributed by atoms with Gasteiger partial charge in [0.25, 0.3) is 5.91 Å². The fourth-order valence-electron chi connectivity index (χ4n) is 2.77. The van der Waals surface area contributed by atoms with Crippen molar-refractivity contribution in [2.45, 2.75) is 13.3 Å². The average molecular weight is 389 g/mol. The van der Waals surface area contributed by atoms with Gasteiger partial charge in [0.2, 0.25) is 0 Å². The monoisotopic (exact) mass is 388 g/mol. The Balaban J connectivity index is 1.60. The Hall–Kier alpha value is -2.31. The van der Waals surface area contributed by atoms with Gasteiger partial charge in [0.15, 0.2) is 5.17 Å². The molecule has 2 aliphatic heterocycles. The van der Waals surface area contributed by atoms with Gasteiger partial charge in [-0.2, -0.15) is 0 Å². The summed E-state index contributed by atoms with van der Waals surface area (Å²) in [5, 5.41) is 3.33. The number of carbonyl (C=O) groups is 1. The van der Waals surface area contributed by atoms with Crippen molar-refractivity contribution in [2.24, 2.45) is 4.99 Å². The zero-order valence-electron chi connectivity index (χ0n) is 13.8. The minimum atomic E-state index is -0.386. The van der Waals surface area contributed by atoms with Crippen LogP contribution in [0.5, 0.6) is 5.75 Å². The summed E-state index contributed by atoms with van der Waals surface area (Å²) in [6.45, 7) is 2.33. The second kappa shape index (κ2) is 6.78. The summed E-state index contributed by atoms with van der Waals surface area (Å²) >= 11 is 7.27. The van der Waals surface area contributed by atoms with Crippen molar-refractivity contribution in [3.8, 4) is 5.75 Å². The van der Waals surface area contributed by atoms with Crippen molar-refractivity contribution in [3.63, 3.8) is 0 Å². The van der Waals surface area contributed by atoms with Crippen molar-refractivity contribution in [1.29, 1.82) is 0 Å². The van der Waals surface area contributed by atoms with Crippen molar-refractivity contribution in [2.75, 3.05) is 6.61 Å². The Kier molecular flexibility index (Phi) is 4.46. The smallest absolute Gasteiger partial charge is 0.264 e. The van der Waals surface area contributed by atoms with Gasteiger partial charge in [0, 0.05) is 6.42 Å². The highest BCUT2D eigenvalue weighted by molar-refractivity contribution is 8.18. The maximum Gasteiger partial charge on any atom is 0.264 e. The van der Waals surface area contributed by atoms with E-state index in [0.717, 1.165) is 23.3 Å². The number of hydrogen-bond donors (Lipinski definition) is 1. The average Bonchev–Trinajstić information content (AvgIpc) is 3.19. The van der Waals surface area contributed by atoms with Crippen LogP contribution < -0.4 is 10.1 Å². The van der Waals surface area contributed by atoms with E-state index in [1.54, 1.807) is 13.0 Å². The maximum atomic E-state index is 13.5. The molecule has 132 valence electrons. The lowest BCUT2D eigenvalue weighted by atomic mass is 10.1. The van der Waals surface area contributed by atoms with Gasteiger partial charge < -0.3 is 10.1 Å². The standard InChI is InChI=1S/C19H14ClFN2O2S/c1-10-6-15(13(20)9-14(10)21)22-19-23-18(24)17(26-19)8-11-2-3-16-12(7-11)4-5-25-16/h2-3,6-9H,4-5H2,1H3,(H,22,23,24). The van der Waals surface area contributed by atoms with Gasteiger partial charge in [0.1, 0.15) is 11.6 Å². The molecule has 2 aromatic rings. The number of aliphatic imine (C=N–C) groups is 1. The minimum Gasteiger partial charge on any atom is -0.493 e. The number of halogens is 2. The molecule has 0 unspecified atom stereocenters. The van der Waals surface area contributed by atoms with Crippen LogP contribution in [0.15, 0.2) is 40.2 Å². The van der Waals surface area contributed by atoms with Gasteiger partial charge in [0.05, 0.1) is 22.2 Å². The number of nitrogens with zero attached hydrogens (tertiary/aromatic N) is 1. The Bertz CT molecular complexity index is 988. The van der Waals surface area contributed by atoms with Crippen LogP contribution >= 0.6 is 23.4 Å². The minimum absolute atomic E-state index is 0.200. The molecular formula is C19H14ClFN2O2S. The quantitative estimate of drug-likeness (QED) is 0.764. The van der Waals surface area contributed by atoms with Crippen LogP contribution in [0.1, 0.15) is 16.7 Å². The van der Waals surface area contributed by atoms with Gasteiger partial charge in [-0.25, -0.2) is 9.38 Å². The molecule has 0 atom stereocenters. The summed E-state index contributed by atoms with van der Waals surface area (Å²) in [7, 11) is 0. The Morgan fingerprint density at radius 2 is 2.19 bits per heavy atom. The molecule has 2 heterocycles. The van der Waals surface area contributed by atoms with Crippen molar-refractivity contribution in [1.82, 2.24) is 5.32 Å². The number of aryl methyl sites for hydroxylation is 1. The Morgan fingerprint density at radius 3 is 3.04 bits per heavy atom. The first-order chi connectivity index (χ1) is 12.5. The number of hydrogen-bond acceptors (Lipinski definition) is 4. The molecule has 0 spiro atoms. The fourth-order valence-corrected chi connectivity index (χ4v) is 3.79. The number of benzene rings is 2. The van der Waals surface area contributed by atoms with Crippen LogP contribution in [0, 0.1) is 12.7 Å². The number of amides is 1. The largest absolute Gasteiger partial charge is 0.493 e. The predicted octanol–water partition coefficient (Wildman–Crippen LogP) is 4.61. The first-order valence-electron chi connectivity index (χ1n) is 8.00. The molecule has 1 amide bonds. The summed E-state index contributed by atoms with van der Waals surface area (Å²) in [5.74, 6) is 0.294. The predicted molar refractivity (Wildman–Crippen MR) is 103 cm³/mol. The summed E-state index contributed by atoms with van der Waals surface area (Å²) in [6, 6.07) is 8.64. The highest BCUT2D eigenvalue weighted by Crippen LogP contribution is 2.33. The molecule has 0 aliphatic carbocycles. The number of rotatable bonds is 2. The second-order valence-electron chi connectivity index (χ2n) is 6.00. The molecule has 1 saturated heterocycles. The van der Waals surface area contributed by atoms with E-state index in [0.29, 0.717) is 27.9 Å². The molecule has 0 bridgehead atoms. The number of fused-ring (bicyclic) bond motifs is 1. The summed E-state index contributed by atoms with van der Waals surface area (Å²) in [5.41, 5.74) is 2.94. The number of amidine groups is 1. The fraction of sp³-hybridized carbons (Fsp3) is 0.158. The lowest BCUT2D eigenvalue weighted by molar-refractivity contribution is -0.115. The zero-order chi connectivity index (χ0) is 18.3. The highest BCUT2D eigenvalue weighted by atomic mass is 35.5. The Labute approximate surface area is 159 Å². The van der Waals surface area contributed by atoms with Gasteiger partial charge in [-0.15, -0.1) is 0 Å². The summed E-state index contributed by atoms with van der Waals surface area (Å²) in [6.07, 6.45) is 2.69. The van der Waals surface area contributed by atoms with E-state index < -0.39 is 0 Å². The van der Waals surface area contributed by atoms with Crippen molar-refractivity contribution >= 4 is 46.2 Å². The third kappa shape index (κ3) is 3.34. The van der Waals surface area contributed by atoms with Gasteiger partial charge in [-0.05, 0) is 65.7 Å². The number of nitrogens with one attached hydrogen (secondary N) is 1. The summed E-state index contributed by atoms with van der Waals surface area (Å²) in [4.78, 5) is 17.1. The third-order valence-corrected chi connectivity index (χ3v) is 5.32. The molecule has 2 aliphatic rings. The SMILES string of the molecule is Cc1cc(N=C2NC(=O)C(=Cc3ccc4c(c3)CCO4)S2)c(Cl)cc1F. The first-order valence-corrected chi connectivity index (χ1v) is 9.20. The Morgan fingerprint density at radius 1 is 1.35 bits per heavy atom. The molecule has 4 nitrogen and oxygen atoms in total. The molecule has 26 heavy (non-hydrogen) atoms. The van der Waals surface area contributed by atoms with E-state index in [2.05, 4.69) is 10.3 Å². The molecule has 7 heteroatoms. The molecule has 0 aromatic heterocycles. The van der Waals surface area contributed by atoms with E-state index in [4.69, 9.17) is 16.3 Å². The lowest BCUT2D eigenvalue weighted by Gasteiger charge is -2.02. The number of thioether (sulfide) groups is 1. The molecule has 4 rings (SSSR count). The van der Waals surface area contributed by atoms with Crippen molar-refractivity contribution < 1.29 is 13.9 Å². The van der Waals surface area contributed by atoms with E-state index in [9.17, 15) is 9.18 Å². The zero-order valence-corrected chi connectivity index (χ0v) is 15.4. The number of carbonyl (C=O) groups excluding carboxylic acids is 1. The van der Waals surface area contributed by atoms with Crippen LogP contribution in [0.25, 0.3) is 6.08 Å². The van der Waals surface area contributed by atoms with E-state index in [1.807, 2.05) is 24.3 Å². The molecule has 1 fully saturated rings. The van der Waals surface area contributed by atoms with Crippen LogP contribution in [0.3, 0.4) is 0 Å². The van der Waals surface area contributed by atoms with E-state index in [-0.39, 0.29) is 16.7 Å². The first kappa shape index (κ1) is 17.1. The van der Waals surface area contributed by atoms with Crippen LogP contribution in [-0.2, 0) is 11.2 Å². The third-order valence-electron chi connectivity index (χ3n) is 4.11. The van der Waals surface area contributed by atoms with Crippen LogP contribution in [0.4, 0.5) is 10.1 Å². The molecule has 2 aromatic carbocycles. The maximum absolute atomic E-state index is 13.5. The molecule has 0 saturated carbocycles. The van der Waals surface area contributed by atoms with Crippen molar-refractivity contribution in [3.05, 3.63) is 62.8 Å². The molecular weight excluding hydrogens is 375 g/mol. The van der Waals surface area contributed by atoms with Gasteiger partial charge >= 0.3 is 0 Å². The number of ether oxygens (including phenoxy) is 1. The summed E-state index contributed by atoms with van der Waals surface area (Å²) < 4.78 is 19.0. The van der Waals surface area contributed by atoms with Crippen LogP contribution in [-0.4, -0.2) is 17.7 Å². The molecule has 0 radical (unpaired) electrons.